The van der Waals surface area contributed by atoms with Gasteiger partial charge in [0.2, 0.25) is 5.91 Å². The maximum absolute atomic E-state index is 13.8. The third-order valence-electron chi connectivity index (χ3n) is 3.44. The summed E-state index contributed by atoms with van der Waals surface area (Å²) >= 11 is 0. The topological polar surface area (TPSA) is 64.4 Å². The summed E-state index contributed by atoms with van der Waals surface area (Å²) in [5.41, 5.74) is 6.55. The second-order valence-electron chi connectivity index (χ2n) is 4.88. The summed E-state index contributed by atoms with van der Waals surface area (Å²) in [7, 11) is 0. The summed E-state index contributed by atoms with van der Waals surface area (Å²) < 4.78 is 19.2. The fourth-order valence-corrected chi connectivity index (χ4v) is 2.24. The number of rotatable bonds is 3. The van der Waals surface area contributed by atoms with Gasteiger partial charge in [0.05, 0.1) is 0 Å². The van der Waals surface area contributed by atoms with E-state index in [-0.39, 0.29) is 11.6 Å². The first-order chi connectivity index (χ1) is 9.08. The van der Waals surface area contributed by atoms with Crippen LogP contribution < -0.4 is 11.1 Å². The molecule has 1 aromatic rings. The Morgan fingerprint density at radius 2 is 2.21 bits per heavy atom. The zero-order chi connectivity index (χ0) is 13.8. The number of benzene rings is 1. The summed E-state index contributed by atoms with van der Waals surface area (Å²) in [6, 6.07) is 3.04. The maximum atomic E-state index is 13.8. The van der Waals surface area contributed by atoms with Gasteiger partial charge >= 0.3 is 0 Å². The van der Waals surface area contributed by atoms with Crippen molar-refractivity contribution in [3.8, 4) is 0 Å². The number of carbonyl (C=O) groups is 1. The van der Waals surface area contributed by atoms with Crippen molar-refractivity contribution in [2.45, 2.75) is 32.2 Å². The van der Waals surface area contributed by atoms with Gasteiger partial charge in [-0.25, -0.2) is 4.39 Å². The predicted octanol–water partition coefficient (Wildman–Crippen LogP) is 2.21. The summed E-state index contributed by atoms with van der Waals surface area (Å²) in [5, 5.41) is 3.30. The Morgan fingerprint density at radius 1 is 1.42 bits per heavy atom. The summed E-state index contributed by atoms with van der Waals surface area (Å²) in [4.78, 5) is 11.2. The molecule has 1 saturated heterocycles. The second kappa shape index (κ2) is 6.02. The van der Waals surface area contributed by atoms with Crippen LogP contribution in [0.5, 0.6) is 0 Å². The maximum Gasteiger partial charge on any atom is 0.248 e. The quantitative estimate of drug-likeness (QED) is 0.881. The fourth-order valence-electron chi connectivity index (χ4n) is 2.24. The van der Waals surface area contributed by atoms with Gasteiger partial charge in [-0.15, -0.1) is 0 Å². The molecule has 0 bridgehead atoms. The molecule has 1 aliphatic rings. The van der Waals surface area contributed by atoms with Gasteiger partial charge in [0.25, 0.3) is 0 Å². The molecule has 1 atom stereocenters. The lowest BCUT2D eigenvalue weighted by atomic mass is 10.1. The third-order valence-corrected chi connectivity index (χ3v) is 3.44. The van der Waals surface area contributed by atoms with Crippen molar-refractivity contribution in [2.75, 3.05) is 18.5 Å². The van der Waals surface area contributed by atoms with Crippen LogP contribution in [0.25, 0.3) is 0 Å². The molecule has 1 fully saturated rings. The summed E-state index contributed by atoms with van der Waals surface area (Å²) in [6.07, 6.45) is 2.83. The highest BCUT2D eigenvalue weighted by molar-refractivity contribution is 5.94. The van der Waals surface area contributed by atoms with Gasteiger partial charge in [0.1, 0.15) is 5.82 Å². The normalized spacial score (nSPS) is 19.8. The number of anilines is 1. The highest BCUT2D eigenvalue weighted by atomic mass is 19.1. The molecule has 2 rings (SSSR count). The molecule has 0 radical (unpaired) electrons. The predicted molar refractivity (Wildman–Crippen MR) is 71.7 cm³/mol. The van der Waals surface area contributed by atoms with Crippen molar-refractivity contribution < 1.29 is 13.9 Å². The first kappa shape index (κ1) is 13.8. The zero-order valence-electron chi connectivity index (χ0n) is 11.0. The van der Waals surface area contributed by atoms with Gasteiger partial charge in [-0.3, -0.25) is 4.79 Å². The van der Waals surface area contributed by atoms with Crippen LogP contribution in [0.15, 0.2) is 12.1 Å². The lowest BCUT2D eigenvalue weighted by Crippen LogP contribution is -2.21. The van der Waals surface area contributed by atoms with Crippen LogP contribution in [0.1, 0.15) is 35.2 Å². The SMILES string of the molecule is Cc1c(F)cc(C(N)=O)cc1NC1CCCOCC1. The molecule has 0 aromatic heterocycles. The highest BCUT2D eigenvalue weighted by Crippen LogP contribution is 2.23. The van der Waals surface area contributed by atoms with Crippen LogP contribution >= 0.6 is 0 Å². The number of carbonyl (C=O) groups excluding carboxylic acids is 1. The molecule has 5 heteroatoms. The fraction of sp³-hybridized carbons (Fsp3) is 0.500. The Hall–Kier alpha value is -1.62. The Labute approximate surface area is 112 Å². The van der Waals surface area contributed by atoms with Gasteiger partial charge < -0.3 is 15.8 Å². The Balaban J connectivity index is 2.20. The van der Waals surface area contributed by atoms with Gasteiger partial charge in [-0.2, -0.15) is 0 Å². The van der Waals surface area contributed by atoms with Crippen LogP contribution in [0.2, 0.25) is 0 Å². The van der Waals surface area contributed by atoms with Crippen molar-refractivity contribution in [3.63, 3.8) is 0 Å². The van der Waals surface area contributed by atoms with E-state index >= 15 is 0 Å². The average Bonchev–Trinajstić information content (AvgIpc) is 2.63. The molecule has 1 unspecified atom stereocenters. The number of nitrogens with two attached hydrogens (primary N) is 1. The largest absolute Gasteiger partial charge is 0.382 e. The molecule has 1 heterocycles. The van der Waals surface area contributed by atoms with Crippen molar-refractivity contribution in [3.05, 3.63) is 29.1 Å². The van der Waals surface area contributed by atoms with Gasteiger partial charge in [-0.05, 0) is 38.3 Å². The van der Waals surface area contributed by atoms with Crippen molar-refractivity contribution in [2.24, 2.45) is 5.73 Å². The molecule has 104 valence electrons. The number of hydrogen-bond donors (Lipinski definition) is 2. The Morgan fingerprint density at radius 3 is 2.95 bits per heavy atom. The van der Waals surface area contributed by atoms with E-state index in [9.17, 15) is 9.18 Å². The van der Waals surface area contributed by atoms with Crippen LogP contribution in [0.3, 0.4) is 0 Å². The minimum Gasteiger partial charge on any atom is -0.382 e. The number of hydrogen-bond acceptors (Lipinski definition) is 3. The van der Waals surface area contributed by atoms with E-state index in [0.29, 0.717) is 17.9 Å². The van der Waals surface area contributed by atoms with Crippen LogP contribution in [0.4, 0.5) is 10.1 Å². The smallest absolute Gasteiger partial charge is 0.248 e. The first-order valence-electron chi connectivity index (χ1n) is 6.52. The van der Waals surface area contributed by atoms with Crippen molar-refractivity contribution in [1.82, 2.24) is 0 Å². The molecule has 4 nitrogen and oxygen atoms in total. The lowest BCUT2D eigenvalue weighted by Gasteiger charge is -2.19. The molecule has 1 aliphatic heterocycles. The molecule has 1 aromatic carbocycles. The van der Waals surface area contributed by atoms with E-state index in [1.165, 1.54) is 6.07 Å². The minimum absolute atomic E-state index is 0.190. The standard InChI is InChI=1S/C14H19FN2O2/c1-9-12(15)7-10(14(16)18)8-13(9)17-11-3-2-5-19-6-4-11/h7-8,11,17H,2-6H2,1H3,(H2,16,18). The van der Waals surface area contributed by atoms with Crippen LogP contribution in [0, 0.1) is 12.7 Å². The lowest BCUT2D eigenvalue weighted by molar-refractivity contribution is 0.1000. The highest BCUT2D eigenvalue weighted by Gasteiger charge is 2.16. The molecule has 0 spiro atoms. The molecule has 3 N–H and O–H groups in total. The second-order valence-corrected chi connectivity index (χ2v) is 4.88. The molecular formula is C14H19FN2O2. The van der Waals surface area contributed by atoms with E-state index in [1.54, 1.807) is 13.0 Å². The van der Waals surface area contributed by atoms with Gasteiger partial charge in [0, 0.05) is 36.1 Å². The van der Waals surface area contributed by atoms with Crippen molar-refractivity contribution in [1.29, 1.82) is 0 Å². The van der Waals surface area contributed by atoms with E-state index in [4.69, 9.17) is 10.5 Å². The molecular weight excluding hydrogens is 247 g/mol. The number of amides is 1. The van der Waals surface area contributed by atoms with Gasteiger partial charge in [0.15, 0.2) is 0 Å². The Kier molecular flexibility index (Phi) is 4.37. The summed E-state index contributed by atoms with van der Waals surface area (Å²) in [5.74, 6) is -1.03. The number of halogens is 1. The molecule has 0 aliphatic carbocycles. The van der Waals surface area contributed by atoms with Gasteiger partial charge in [-0.1, -0.05) is 0 Å². The van der Waals surface area contributed by atoms with E-state index in [2.05, 4.69) is 5.32 Å². The Bertz CT molecular complexity index is 469. The van der Waals surface area contributed by atoms with E-state index in [0.717, 1.165) is 25.9 Å². The van der Waals surface area contributed by atoms with Crippen LogP contribution in [-0.2, 0) is 4.74 Å². The summed E-state index contributed by atoms with van der Waals surface area (Å²) in [6.45, 7) is 3.16. The number of primary amides is 1. The molecule has 0 saturated carbocycles. The number of nitrogens with one attached hydrogen (secondary N) is 1. The zero-order valence-corrected chi connectivity index (χ0v) is 11.0. The molecule has 1 amide bonds. The van der Waals surface area contributed by atoms with Crippen molar-refractivity contribution >= 4 is 11.6 Å². The van der Waals surface area contributed by atoms with E-state index < -0.39 is 11.7 Å². The minimum atomic E-state index is -0.619. The molecule has 19 heavy (non-hydrogen) atoms. The number of ether oxygens (including phenoxy) is 1. The third kappa shape index (κ3) is 3.44. The monoisotopic (exact) mass is 266 g/mol. The van der Waals surface area contributed by atoms with Crippen LogP contribution in [-0.4, -0.2) is 25.2 Å². The average molecular weight is 266 g/mol. The van der Waals surface area contributed by atoms with E-state index in [1.807, 2.05) is 0 Å². The first-order valence-corrected chi connectivity index (χ1v) is 6.52.